The molecule has 0 saturated carbocycles. The van der Waals surface area contributed by atoms with Gasteiger partial charge in [-0.15, -0.1) is 0 Å². The van der Waals surface area contributed by atoms with Crippen LogP contribution in [-0.2, 0) is 4.57 Å². The van der Waals surface area contributed by atoms with Gasteiger partial charge >= 0.3 is 7.80 Å². The first-order valence-electron chi connectivity index (χ1n) is 1.50. The lowest BCUT2D eigenvalue weighted by Gasteiger charge is -1.76. The van der Waals surface area contributed by atoms with Gasteiger partial charge in [-0.05, 0) is 0 Å². The number of allylic oxidation sites excluding steroid dienone is 1. The molecule has 3 N–H and O–H groups in total. The summed E-state index contributed by atoms with van der Waals surface area (Å²) in [5.74, 6) is 1.73. The molecule has 3 heteroatoms. The second-order valence-electron chi connectivity index (χ2n) is 0.984. The lowest BCUT2D eigenvalue weighted by molar-refractivity contribution is 0.592. The summed E-state index contributed by atoms with van der Waals surface area (Å²) in [5, 5.41) is 0. The Bertz CT molecular complexity index is 88.8. The van der Waals surface area contributed by atoms with Crippen LogP contribution in [0.4, 0.5) is 0 Å². The predicted molar refractivity (Wildman–Crippen MR) is 26.6 cm³/mol. The smallest absolute Gasteiger partial charge is 0.344 e. The van der Waals surface area contributed by atoms with Crippen molar-refractivity contribution in [3.63, 3.8) is 0 Å². The molecule has 0 fully saturated rings. The fourth-order valence-electron chi connectivity index (χ4n) is 0.191. The Balaban J connectivity index is 0.000000250. The van der Waals surface area contributed by atoms with E-state index in [1.165, 1.54) is 0 Å². The quantitative estimate of drug-likeness (QED) is 0.473. The van der Waals surface area contributed by atoms with Gasteiger partial charge in [-0.2, -0.15) is 0 Å². The van der Waals surface area contributed by atoms with E-state index in [2.05, 4.69) is 0 Å². The highest BCUT2D eigenvalue weighted by atomic mass is 31.1. The summed E-state index contributed by atoms with van der Waals surface area (Å²) in [5.41, 5.74) is 0. The van der Waals surface area contributed by atoms with Crippen LogP contribution < -0.4 is 6.15 Å². The van der Waals surface area contributed by atoms with Gasteiger partial charge in [0, 0.05) is 6.08 Å². The number of rotatable bonds is 0. The largest absolute Gasteiger partial charge is 0.373 e. The molecule has 0 amide bonds. The van der Waals surface area contributed by atoms with E-state index < -0.39 is 7.80 Å². The normalized spacial score (nSPS) is 21.7. The summed E-state index contributed by atoms with van der Waals surface area (Å²) in [4.78, 5) is 0. The minimum atomic E-state index is -0.848. The van der Waals surface area contributed by atoms with Crippen LogP contribution in [0.1, 0.15) is 0 Å². The third kappa shape index (κ3) is 0.886. The highest BCUT2D eigenvalue weighted by Crippen LogP contribution is 2.29. The summed E-state index contributed by atoms with van der Waals surface area (Å²) in [7, 11) is -0.848. The molecular formula is C3H7NOP+. The van der Waals surface area contributed by atoms with E-state index in [-0.39, 0.29) is 6.15 Å². The van der Waals surface area contributed by atoms with Crippen molar-refractivity contribution in [1.29, 1.82) is 0 Å². The molecule has 0 spiro atoms. The zero-order valence-electron chi connectivity index (χ0n) is 3.42. The fraction of sp³-hybridized carbons (Fsp3) is 0.333. The molecule has 0 saturated heterocycles. The second kappa shape index (κ2) is 2.06. The van der Waals surface area contributed by atoms with E-state index in [1.54, 1.807) is 5.82 Å². The fourth-order valence-corrected chi connectivity index (χ4v) is 0.574. The predicted octanol–water partition coefficient (Wildman–Crippen LogP) is 1.50. The SMILES string of the molecule is N.O=[P+]1C=CC1. The van der Waals surface area contributed by atoms with Crippen LogP contribution in [0.25, 0.3) is 0 Å². The average Bonchev–Trinajstić information content (AvgIpc) is 1.30. The Hall–Kier alpha value is -0.200. The Morgan fingerprint density at radius 3 is 2.00 bits per heavy atom. The Morgan fingerprint density at radius 2 is 2.00 bits per heavy atom. The van der Waals surface area contributed by atoms with E-state index >= 15 is 0 Å². The first-order valence-corrected chi connectivity index (χ1v) is 3.01. The molecule has 1 aliphatic rings. The third-order valence-electron chi connectivity index (χ3n) is 0.557. The van der Waals surface area contributed by atoms with Gasteiger partial charge in [-0.1, -0.05) is 4.57 Å². The first kappa shape index (κ1) is 5.80. The lowest BCUT2D eigenvalue weighted by Crippen LogP contribution is -1.73. The molecule has 0 aromatic rings. The zero-order chi connectivity index (χ0) is 3.70. The van der Waals surface area contributed by atoms with E-state index in [0.29, 0.717) is 0 Å². The van der Waals surface area contributed by atoms with Crippen molar-refractivity contribution in [3.05, 3.63) is 11.9 Å². The molecular weight excluding hydrogens is 97.0 g/mol. The molecule has 6 heavy (non-hydrogen) atoms. The van der Waals surface area contributed by atoms with Crippen molar-refractivity contribution in [3.8, 4) is 0 Å². The second-order valence-corrected chi connectivity index (χ2v) is 2.48. The molecule has 1 heterocycles. The van der Waals surface area contributed by atoms with Crippen LogP contribution in [-0.4, -0.2) is 6.16 Å². The molecule has 0 aromatic heterocycles. The van der Waals surface area contributed by atoms with Crippen molar-refractivity contribution in [2.24, 2.45) is 0 Å². The minimum absolute atomic E-state index is 0. The van der Waals surface area contributed by atoms with Gasteiger partial charge in [-0.25, -0.2) is 0 Å². The van der Waals surface area contributed by atoms with Gasteiger partial charge in [0.2, 0.25) is 0 Å². The van der Waals surface area contributed by atoms with Crippen LogP contribution in [0.15, 0.2) is 11.9 Å². The first-order chi connectivity index (χ1) is 2.39. The van der Waals surface area contributed by atoms with Gasteiger partial charge < -0.3 is 6.15 Å². The standard InChI is InChI=1S/C3H4OP.H3N/c4-5-2-1-3-5;/h1-2H,3H2;1H3/q+1;. The van der Waals surface area contributed by atoms with Crippen LogP contribution in [0, 0.1) is 0 Å². The maximum absolute atomic E-state index is 9.96. The summed E-state index contributed by atoms with van der Waals surface area (Å²) in [6.45, 7) is 0. The Kier molecular flexibility index (Phi) is 1.99. The van der Waals surface area contributed by atoms with E-state index in [1.807, 2.05) is 6.08 Å². The Labute approximate surface area is 37.6 Å². The summed E-state index contributed by atoms with van der Waals surface area (Å²) < 4.78 is 9.96. The monoisotopic (exact) mass is 104 g/mol. The average molecular weight is 104 g/mol. The maximum Gasteiger partial charge on any atom is 0.373 e. The van der Waals surface area contributed by atoms with Gasteiger partial charge in [0.25, 0.3) is 0 Å². The van der Waals surface area contributed by atoms with Gasteiger partial charge in [-0.3, -0.25) is 0 Å². The van der Waals surface area contributed by atoms with Crippen LogP contribution in [0.2, 0.25) is 0 Å². The molecule has 0 bridgehead atoms. The summed E-state index contributed by atoms with van der Waals surface area (Å²) in [6, 6.07) is 0. The highest BCUT2D eigenvalue weighted by Gasteiger charge is 2.15. The van der Waals surface area contributed by atoms with Gasteiger partial charge in [0.15, 0.2) is 12.0 Å². The zero-order valence-corrected chi connectivity index (χ0v) is 4.32. The van der Waals surface area contributed by atoms with E-state index in [4.69, 9.17) is 0 Å². The van der Waals surface area contributed by atoms with Crippen molar-refractivity contribution >= 4 is 7.80 Å². The maximum atomic E-state index is 9.96. The van der Waals surface area contributed by atoms with Crippen molar-refractivity contribution < 1.29 is 4.57 Å². The highest BCUT2D eigenvalue weighted by molar-refractivity contribution is 7.50. The summed E-state index contributed by atoms with van der Waals surface area (Å²) in [6.07, 6.45) is 2.73. The molecule has 34 valence electrons. The van der Waals surface area contributed by atoms with Crippen LogP contribution in [0.5, 0.6) is 0 Å². The molecule has 1 unspecified atom stereocenters. The van der Waals surface area contributed by atoms with Crippen molar-refractivity contribution in [2.75, 3.05) is 6.16 Å². The van der Waals surface area contributed by atoms with Crippen molar-refractivity contribution in [2.45, 2.75) is 0 Å². The minimum Gasteiger partial charge on any atom is -0.344 e. The number of hydrogen-bond donors (Lipinski definition) is 1. The third-order valence-corrected chi connectivity index (χ3v) is 1.67. The molecule has 0 radical (unpaired) electrons. The van der Waals surface area contributed by atoms with Crippen molar-refractivity contribution in [1.82, 2.24) is 6.15 Å². The Morgan fingerprint density at radius 1 is 1.67 bits per heavy atom. The van der Waals surface area contributed by atoms with Gasteiger partial charge in [0.1, 0.15) is 0 Å². The molecule has 2 nitrogen and oxygen atoms in total. The van der Waals surface area contributed by atoms with Crippen LogP contribution >= 0.6 is 7.80 Å². The van der Waals surface area contributed by atoms with Gasteiger partial charge in [0.05, 0.1) is 0 Å². The number of hydrogen-bond acceptors (Lipinski definition) is 2. The lowest BCUT2D eigenvalue weighted by atomic mass is 10.7. The summed E-state index contributed by atoms with van der Waals surface area (Å²) >= 11 is 0. The molecule has 0 aliphatic carbocycles. The topological polar surface area (TPSA) is 52.1 Å². The molecule has 1 atom stereocenters. The molecule has 1 rings (SSSR count). The van der Waals surface area contributed by atoms with Crippen LogP contribution in [0.3, 0.4) is 0 Å². The molecule has 0 aromatic carbocycles. The molecule has 1 aliphatic heterocycles. The van der Waals surface area contributed by atoms with E-state index in [0.717, 1.165) is 6.16 Å². The van der Waals surface area contributed by atoms with E-state index in [9.17, 15) is 4.57 Å².